The molecule has 0 saturated heterocycles. The molecule has 1 aliphatic rings. The van der Waals surface area contributed by atoms with Crippen LogP contribution in [0.3, 0.4) is 0 Å². The Balaban J connectivity index is 2.06. The van der Waals surface area contributed by atoms with Crippen molar-refractivity contribution in [1.29, 1.82) is 0 Å². The largest absolute Gasteiger partial charge is 0.384 e. The number of hydrogen-bond acceptors (Lipinski definition) is 2. The minimum Gasteiger partial charge on any atom is -0.384 e. The van der Waals surface area contributed by atoms with Crippen molar-refractivity contribution in [3.8, 4) is 11.1 Å². The van der Waals surface area contributed by atoms with Gasteiger partial charge in [-0.05, 0) is 53.6 Å². The van der Waals surface area contributed by atoms with E-state index >= 15 is 0 Å². The van der Waals surface area contributed by atoms with Crippen LogP contribution in [0.2, 0.25) is 0 Å². The fraction of sp³-hybridized carbons (Fsp3) is 0.231. The Labute approximate surface area is 93.8 Å². The molecule has 0 unspecified atom stereocenters. The van der Waals surface area contributed by atoms with E-state index in [9.17, 15) is 0 Å². The molecule has 1 N–H and O–H groups in total. The predicted molar refractivity (Wildman–Crippen MR) is 66.7 cm³/mol. The van der Waals surface area contributed by atoms with E-state index in [1.807, 2.05) is 11.3 Å². The standard InChI is InChI=1S/C13H13NS/c1-9-6-12(8-15-9)10-2-3-13-11(7-10)4-5-14-13/h2-3,6-8,14H,4-5H2,1H3. The summed E-state index contributed by atoms with van der Waals surface area (Å²) in [4.78, 5) is 1.38. The molecular formula is C13H13NS. The zero-order valence-electron chi connectivity index (χ0n) is 8.71. The van der Waals surface area contributed by atoms with Gasteiger partial charge >= 0.3 is 0 Å². The molecule has 2 aromatic rings. The van der Waals surface area contributed by atoms with Gasteiger partial charge in [0.1, 0.15) is 0 Å². The minimum atomic E-state index is 1.08. The average Bonchev–Trinajstić information content (AvgIpc) is 2.84. The van der Waals surface area contributed by atoms with Gasteiger partial charge in [0.15, 0.2) is 0 Å². The van der Waals surface area contributed by atoms with Crippen LogP contribution in [0.25, 0.3) is 11.1 Å². The summed E-state index contributed by atoms with van der Waals surface area (Å²) in [5, 5.41) is 5.62. The zero-order chi connectivity index (χ0) is 10.3. The predicted octanol–water partition coefficient (Wildman–Crippen LogP) is 3.69. The first-order valence-corrected chi connectivity index (χ1v) is 6.13. The number of benzene rings is 1. The highest BCUT2D eigenvalue weighted by atomic mass is 32.1. The molecule has 2 heteroatoms. The number of aryl methyl sites for hydroxylation is 1. The molecule has 1 aromatic heterocycles. The van der Waals surface area contributed by atoms with Crippen LogP contribution >= 0.6 is 11.3 Å². The van der Waals surface area contributed by atoms with Crippen LogP contribution in [0.5, 0.6) is 0 Å². The molecule has 0 saturated carbocycles. The monoisotopic (exact) mass is 215 g/mol. The summed E-state index contributed by atoms with van der Waals surface area (Å²) < 4.78 is 0. The number of fused-ring (bicyclic) bond motifs is 1. The molecule has 0 amide bonds. The number of anilines is 1. The van der Waals surface area contributed by atoms with E-state index in [4.69, 9.17) is 0 Å². The van der Waals surface area contributed by atoms with Crippen LogP contribution in [0, 0.1) is 6.92 Å². The van der Waals surface area contributed by atoms with E-state index in [-0.39, 0.29) is 0 Å². The molecule has 0 atom stereocenters. The number of nitrogens with one attached hydrogen (secondary N) is 1. The lowest BCUT2D eigenvalue weighted by atomic mass is 10.0. The molecule has 1 aromatic carbocycles. The Morgan fingerprint density at radius 2 is 2.13 bits per heavy atom. The average molecular weight is 215 g/mol. The van der Waals surface area contributed by atoms with Crippen LogP contribution in [0.15, 0.2) is 29.6 Å². The molecule has 0 bridgehead atoms. The van der Waals surface area contributed by atoms with Crippen molar-refractivity contribution < 1.29 is 0 Å². The fourth-order valence-electron chi connectivity index (χ4n) is 2.08. The second-order valence-electron chi connectivity index (χ2n) is 3.99. The number of rotatable bonds is 1. The van der Waals surface area contributed by atoms with Gasteiger partial charge in [-0.3, -0.25) is 0 Å². The Bertz CT molecular complexity index is 499. The van der Waals surface area contributed by atoms with Gasteiger partial charge in [0, 0.05) is 17.1 Å². The van der Waals surface area contributed by atoms with Crippen molar-refractivity contribution in [3.05, 3.63) is 40.1 Å². The van der Waals surface area contributed by atoms with Crippen molar-refractivity contribution in [1.82, 2.24) is 0 Å². The zero-order valence-corrected chi connectivity index (χ0v) is 9.53. The van der Waals surface area contributed by atoms with Crippen LogP contribution < -0.4 is 5.32 Å². The van der Waals surface area contributed by atoms with Crippen molar-refractivity contribution in [2.24, 2.45) is 0 Å². The molecule has 76 valence electrons. The van der Waals surface area contributed by atoms with Crippen LogP contribution in [-0.2, 0) is 6.42 Å². The quantitative estimate of drug-likeness (QED) is 0.765. The lowest BCUT2D eigenvalue weighted by molar-refractivity contribution is 1.11. The van der Waals surface area contributed by atoms with Gasteiger partial charge in [-0.2, -0.15) is 0 Å². The summed E-state index contributed by atoms with van der Waals surface area (Å²) in [6.07, 6.45) is 1.16. The summed E-state index contributed by atoms with van der Waals surface area (Å²) >= 11 is 1.82. The van der Waals surface area contributed by atoms with Gasteiger partial charge in [-0.1, -0.05) is 6.07 Å². The van der Waals surface area contributed by atoms with Crippen molar-refractivity contribution in [2.75, 3.05) is 11.9 Å². The van der Waals surface area contributed by atoms with E-state index in [0.717, 1.165) is 13.0 Å². The van der Waals surface area contributed by atoms with Crippen LogP contribution in [0.4, 0.5) is 5.69 Å². The van der Waals surface area contributed by atoms with E-state index in [1.54, 1.807) is 0 Å². The van der Waals surface area contributed by atoms with Gasteiger partial charge in [-0.25, -0.2) is 0 Å². The van der Waals surface area contributed by atoms with Crippen molar-refractivity contribution in [3.63, 3.8) is 0 Å². The molecule has 2 heterocycles. The van der Waals surface area contributed by atoms with Gasteiger partial charge in [0.25, 0.3) is 0 Å². The highest BCUT2D eigenvalue weighted by molar-refractivity contribution is 7.10. The van der Waals surface area contributed by atoms with Crippen LogP contribution in [-0.4, -0.2) is 6.54 Å². The van der Waals surface area contributed by atoms with Gasteiger partial charge in [0.05, 0.1) is 0 Å². The second-order valence-corrected chi connectivity index (χ2v) is 5.11. The second kappa shape index (κ2) is 3.38. The lowest BCUT2D eigenvalue weighted by Gasteiger charge is -2.02. The Morgan fingerprint density at radius 3 is 2.93 bits per heavy atom. The Morgan fingerprint density at radius 1 is 1.20 bits per heavy atom. The Hall–Kier alpha value is -1.28. The molecule has 0 fully saturated rings. The molecule has 1 nitrogen and oxygen atoms in total. The van der Waals surface area contributed by atoms with Gasteiger partial charge in [0.2, 0.25) is 0 Å². The summed E-state index contributed by atoms with van der Waals surface area (Å²) in [5.74, 6) is 0. The topological polar surface area (TPSA) is 12.0 Å². The van der Waals surface area contributed by atoms with Crippen LogP contribution in [0.1, 0.15) is 10.4 Å². The van der Waals surface area contributed by atoms with E-state index in [2.05, 4.69) is 41.9 Å². The van der Waals surface area contributed by atoms with E-state index in [0.29, 0.717) is 0 Å². The van der Waals surface area contributed by atoms with Crippen molar-refractivity contribution >= 4 is 17.0 Å². The van der Waals surface area contributed by atoms with Gasteiger partial charge < -0.3 is 5.32 Å². The number of hydrogen-bond donors (Lipinski definition) is 1. The maximum Gasteiger partial charge on any atom is 0.0373 e. The van der Waals surface area contributed by atoms with E-state index in [1.165, 1.54) is 27.3 Å². The molecule has 15 heavy (non-hydrogen) atoms. The third kappa shape index (κ3) is 1.55. The molecular weight excluding hydrogens is 202 g/mol. The van der Waals surface area contributed by atoms with Crippen molar-refractivity contribution in [2.45, 2.75) is 13.3 Å². The molecule has 1 aliphatic heterocycles. The highest BCUT2D eigenvalue weighted by Gasteiger charge is 2.10. The maximum atomic E-state index is 3.39. The molecule has 0 radical (unpaired) electrons. The first kappa shape index (κ1) is 8.98. The highest BCUT2D eigenvalue weighted by Crippen LogP contribution is 2.30. The molecule has 0 spiro atoms. The normalized spacial score (nSPS) is 13.7. The lowest BCUT2D eigenvalue weighted by Crippen LogP contribution is -1.90. The minimum absolute atomic E-state index is 1.08. The first-order valence-electron chi connectivity index (χ1n) is 5.25. The van der Waals surface area contributed by atoms with E-state index < -0.39 is 0 Å². The smallest absolute Gasteiger partial charge is 0.0373 e. The van der Waals surface area contributed by atoms with Gasteiger partial charge in [-0.15, -0.1) is 11.3 Å². The summed E-state index contributed by atoms with van der Waals surface area (Å²) in [6, 6.07) is 8.98. The summed E-state index contributed by atoms with van der Waals surface area (Å²) in [5.41, 5.74) is 5.47. The third-order valence-electron chi connectivity index (χ3n) is 2.88. The summed E-state index contributed by atoms with van der Waals surface area (Å²) in [7, 11) is 0. The fourth-order valence-corrected chi connectivity index (χ4v) is 2.79. The third-order valence-corrected chi connectivity index (χ3v) is 3.74. The SMILES string of the molecule is Cc1cc(-c2ccc3c(c2)CCN3)cs1. The summed E-state index contributed by atoms with van der Waals surface area (Å²) in [6.45, 7) is 3.24. The number of thiophene rings is 1. The Kier molecular flexibility index (Phi) is 2.03. The first-order chi connectivity index (χ1) is 7.33. The molecule has 0 aliphatic carbocycles. The molecule has 3 rings (SSSR count). The maximum absolute atomic E-state index is 3.39.